The van der Waals surface area contributed by atoms with Crippen LogP contribution in [0.3, 0.4) is 0 Å². The number of rotatable bonds is 2. The molecule has 0 aliphatic heterocycles. The van der Waals surface area contributed by atoms with E-state index >= 15 is 0 Å². The van der Waals surface area contributed by atoms with Crippen LogP contribution in [0.5, 0.6) is 5.75 Å². The second-order valence-corrected chi connectivity index (χ2v) is 9.45. The fourth-order valence-corrected chi connectivity index (χ4v) is 3.68. The minimum absolute atomic E-state index is 0. The zero-order valence-corrected chi connectivity index (χ0v) is 23.8. The average molecular weight is 597 g/mol. The smallest absolute Gasteiger partial charge is 0.111 e. The van der Waals surface area contributed by atoms with Gasteiger partial charge in [0.05, 0.1) is 7.11 Å². The fraction of sp³-hybridized carbons (Fsp3) is 0.400. The third-order valence-corrected chi connectivity index (χ3v) is 5.16. The molecule has 0 fully saturated rings. The number of aryl methyl sites for hydroxylation is 1. The number of methoxy groups -OCH3 is 1. The monoisotopic (exact) mass is 597 g/mol. The Hall–Kier alpha value is -0.700. The predicted molar refractivity (Wildman–Crippen MR) is 114 cm³/mol. The van der Waals surface area contributed by atoms with E-state index < -0.39 is 0 Å². The molecule has 0 radical (unpaired) electrons. The molecule has 0 saturated heterocycles. The van der Waals surface area contributed by atoms with Gasteiger partial charge in [-0.3, -0.25) is 0 Å². The molecule has 3 aromatic rings. The van der Waals surface area contributed by atoms with Crippen molar-refractivity contribution in [3.63, 3.8) is 0 Å². The first-order chi connectivity index (χ1) is 12.0. The van der Waals surface area contributed by atoms with Crippen LogP contribution in [0.2, 0.25) is 0 Å². The van der Waals surface area contributed by atoms with Gasteiger partial charge < -0.3 is 29.6 Å². The van der Waals surface area contributed by atoms with Crippen molar-refractivity contribution in [3.8, 4) is 16.9 Å². The number of ether oxygens (including phenoxy) is 1. The van der Waals surface area contributed by atoms with Gasteiger partial charge in [0.25, 0.3) is 0 Å². The van der Waals surface area contributed by atoms with Gasteiger partial charge in [-0.05, 0) is 33.1 Å². The fourth-order valence-electron chi connectivity index (χ4n) is 3.68. The molecule has 0 saturated carbocycles. The second-order valence-electron chi connectivity index (χ2n) is 9.45. The van der Waals surface area contributed by atoms with Gasteiger partial charge in [0.2, 0.25) is 0 Å². The Morgan fingerprint density at radius 2 is 1.38 bits per heavy atom. The molecule has 3 aromatic carbocycles. The molecule has 3 rings (SSSR count). The Kier molecular flexibility index (Phi) is 9.83. The predicted octanol–water partition coefficient (Wildman–Crippen LogP) is 1.14. The molecule has 0 bridgehead atoms. The van der Waals surface area contributed by atoms with Crippen molar-refractivity contribution in [1.82, 2.24) is 0 Å². The first-order valence-electron chi connectivity index (χ1n) is 9.42. The van der Waals surface area contributed by atoms with E-state index in [-0.39, 0.29) is 61.5 Å². The van der Waals surface area contributed by atoms with Crippen LogP contribution in [0.15, 0.2) is 42.5 Å². The number of hydrogen-bond donors (Lipinski definition) is 0. The second kappa shape index (κ2) is 10.1. The maximum atomic E-state index is 5.97. The number of fused-ring (bicyclic) bond motifs is 1. The molecule has 0 aromatic heterocycles. The topological polar surface area (TPSA) is 9.23 Å². The first kappa shape index (κ1) is 28.3. The van der Waals surface area contributed by atoms with Crippen molar-refractivity contribution < 1.29 is 55.4 Å². The van der Waals surface area contributed by atoms with Gasteiger partial charge in [0.1, 0.15) is 5.75 Å². The summed E-state index contributed by atoms with van der Waals surface area (Å²) in [4.78, 5) is 0. The van der Waals surface area contributed by atoms with Gasteiger partial charge in [-0.15, -0.1) is 28.5 Å². The van der Waals surface area contributed by atoms with Crippen molar-refractivity contribution >= 4 is 10.8 Å². The minimum Gasteiger partial charge on any atom is -1.00 e. The minimum atomic E-state index is 0. The Bertz CT molecular complexity index is 942. The summed E-state index contributed by atoms with van der Waals surface area (Å²) in [5, 5.41) is 2.57. The molecular weight excluding hydrogens is 566 g/mol. The van der Waals surface area contributed by atoms with Crippen LogP contribution in [-0.2, 0) is 36.7 Å². The van der Waals surface area contributed by atoms with Gasteiger partial charge >= 0.3 is 0 Å². The Balaban J connectivity index is 0.00000261. The number of halogens is 2. The van der Waals surface area contributed by atoms with Crippen LogP contribution in [0.25, 0.3) is 21.9 Å². The maximum absolute atomic E-state index is 5.97. The summed E-state index contributed by atoms with van der Waals surface area (Å²) in [6.45, 7) is 15.7. The normalized spacial score (nSPS) is 11.3. The van der Waals surface area contributed by atoms with Crippen molar-refractivity contribution in [2.75, 3.05) is 7.11 Å². The quantitative estimate of drug-likeness (QED) is 0.319. The summed E-state index contributed by atoms with van der Waals surface area (Å²) >= 11 is 0. The molecule has 0 amide bonds. The number of benzene rings is 2. The summed E-state index contributed by atoms with van der Waals surface area (Å²) in [6.07, 6.45) is 0. The third-order valence-electron chi connectivity index (χ3n) is 5.16. The van der Waals surface area contributed by atoms with Gasteiger partial charge in [0.15, 0.2) is 0 Å². The van der Waals surface area contributed by atoms with Crippen LogP contribution in [0.1, 0.15) is 58.2 Å². The average Bonchev–Trinajstić information content (AvgIpc) is 2.91. The summed E-state index contributed by atoms with van der Waals surface area (Å²) in [5.41, 5.74) is 6.50. The molecule has 0 heterocycles. The van der Waals surface area contributed by atoms with E-state index in [4.69, 9.17) is 4.74 Å². The molecule has 29 heavy (non-hydrogen) atoms. The summed E-state index contributed by atoms with van der Waals surface area (Å²) in [7, 11) is 1.79. The summed E-state index contributed by atoms with van der Waals surface area (Å²) in [6, 6.07) is 15.8. The van der Waals surface area contributed by atoms with Gasteiger partial charge in [-0.25, -0.2) is 0 Å². The Labute approximate surface area is 207 Å². The van der Waals surface area contributed by atoms with E-state index in [1.165, 1.54) is 38.6 Å². The molecule has 0 N–H and O–H groups in total. The van der Waals surface area contributed by atoms with Crippen LogP contribution in [0, 0.1) is 6.92 Å². The molecule has 1 nitrogen and oxygen atoms in total. The zero-order valence-electron chi connectivity index (χ0n) is 18.7. The summed E-state index contributed by atoms with van der Waals surface area (Å²) < 4.78 is 5.97. The molecule has 0 spiro atoms. The number of hydrogen-bond acceptors (Lipinski definition) is 1. The molecule has 0 unspecified atom stereocenters. The van der Waals surface area contributed by atoms with E-state index in [9.17, 15) is 0 Å². The molecule has 0 aliphatic carbocycles. The maximum Gasteiger partial charge on any atom is 0.111 e. The molecule has 158 valence electrons. The van der Waals surface area contributed by atoms with Crippen LogP contribution in [-0.4, -0.2) is 7.11 Å². The van der Waals surface area contributed by atoms with Gasteiger partial charge in [-0.1, -0.05) is 72.7 Å². The van der Waals surface area contributed by atoms with E-state index in [1.807, 2.05) is 0 Å². The molecular formula is C25H31Cl2HfO-3. The van der Waals surface area contributed by atoms with Crippen LogP contribution >= 0.6 is 0 Å². The van der Waals surface area contributed by atoms with Crippen molar-refractivity contribution in [3.05, 3.63) is 59.2 Å². The standard InChI is InChI=1S/C25H31O.2ClH.Hf/c1-16-13-18-15-21(25(5,6)7)23(26-8)22(20(18)14-16)17-9-11-19(12-10-17)24(2,3)4;;;/h9-15H,1-8H3;2*1H;/q-1;;;/p-2. The van der Waals surface area contributed by atoms with Crippen LogP contribution < -0.4 is 29.6 Å². The van der Waals surface area contributed by atoms with Crippen molar-refractivity contribution in [2.24, 2.45) is 0 Å². The van der Waals surface area contributed by atoms with Crippen molar-refractivity contribution in [2.45, 2.75) is 59.3 Å². The van der Waals surface area contributed by atoms with Crippen molar-refractivity contribution in [1.29, 1.82) is 0 Å². The Morgan fingerprint density at radius 1 is 0.828 bits per heavy atom. The molecule has 4 heteroatoms. The van der Waals surface area contributed by atoms with Gasteiger partial charge in [0, 0.05) is 25.8 Å². The molecule has 0 aliphatic rings. The SMILES string of the molecule is COc1c(C(C)(C)C)cc2[cH-]c(C)cc2c1-c1ccc(C(C)(C)C)cc1.[Cl-].[Cl-].[Hf]. The van der Waals surface area contributed by atoms with E-state index in [0.717, 1.165) is 5.75 Å². The summed E-state index contributed by atoms with van der Waals surface area (Å²) in [5.74, 6) is 0.999. The van der Waals surface area contributed by atoms with Crippen LogP contribution in [0.4, 0.5) is 0 Å². The third kappa shape index (κ3) is 5.71. The molecule has 0 atom stereocenters. The van der Waals surface area contributed by atoms with E-state index in [0.29, 0.717) is 0 Å². The van der Waals surface area contributed by atoms with E-state index in [2.05, 4.69) is 90.9 Å². The zero-order chi connectivity index (χ0) is 19.3. The Morgan fingerprint density at radius 3 is 1.83 bits per heavy atom. The van der Waals surface area contributed by atoms with Gasteiger partial charge in [-0.2, -0.15) is 6.07 Å². The first-order valence-corrected chi connectivity index (χ1v) is 9.42. The van der Waals surface area contributed by atoms with E-state index in [1.54, 1.807) is 7.11 Å². The largest absolute Gasteiger partial charge is 1.00 e.